The molecule has 7 aromatic rings. The smallest absolute Gasteiger partial charge is 0.0435 e. The van der Waals surface area contributed by atoms with Crippen LogP contribution >= 0.6 is 11.8 Å². The van der Waals surface area contributed by atoms with Crippen LogP contribution in [-0.2, 0) is 5.41 Å². The van der Waals surface area contributed by atoms with Crippen LogP contribution in [0.4, 0.5) is 0 Å². The summed E-state index contributed by atoms with van der Waals surface area (Å²) in [4.78, 5) is 2.67. The zero-order valence-corrected chi connectivity index (χ0v) is 24.7. The van der Waals surface area contributed by atoms with E-state index in [-0.39, 0.29) is 5.41 Å². The van der Waals surface area contributed by atoms with Gasteiger partial charge in [-0.3, -0.25) is 0 Å². The summed E-state index contributed by atoms with van der Waals surface area (Å²) >= 11 is 1.88. The molecule has 43 heavy (non-hydrogen) atoms. The average Bonchev–Trinajstić information content (AvgIpc) is 3.34. The van der Waals surface area contributed by atoms with Gasteiger partial charge in [-0.1, -0.05) is 139 Å². The molecule has 1 heteroatoms. The van der Waals surface area contributed by atoms with Crippen LogP contribution in [0.3, 0.4) is 0 Å². The first-order valence-corrected chi connectivity index (χ1v) is 15.8. The van der Waals surface area contributed by atoms with Crippen LogP contribution < -0.4 is 0 Å². The second-order valence-electron chi connectivity index (χ2n) is 11.8. The van der Waals surface area contributed by atoms with Crippen molar-refractivity contribution < 1.29 is 0 Å². The lowest BCUT2D eigenvalue weighted by atomic mass is 9.74. The van der Waals surface area contributed by atoms with Crippen molar-refractivity contribution in [1.29, 1.82) is 0 Å². The summed E-state index contributed by atoms with van der Waals surface area (Å²) in [5.41, 5.74) is 14.2. The monoisotopic (exact) mass is 564 g/mol. The Kier molecular flexibility index (Phi) is 5.36. The molecule has 0 bridgehead atoms. The van der Waals surface area contributed by atoms with Crippen LogP contribution in [0.15, 0.2) is 161 Å². The molecule has 1 aliphatic heterocycles. The standard InChI is InChI=1S/C42H28S/c1-42(30-13-3-2-4-14-30)37-19-7-5-15-32(37)33-22-21-28(26-38(33)42)27-11-9-12-29(25-27)31-23-24-40-41-35(31)17-10-18-36(41)34-16-6-8-20-39(34)43-40/h2-26H,1H3. The highest BCUT2D eigenvalue weighted by atomic mass is 32.2. The minimum atomic E-state index is -0.203. The normalized spacial score (nSPS) is 16.0. The van der Waals surface area contributed by atoms with Crippen LogP contribution in [0.5, 0.6) is 0 Å². The average molecular weight is 565 g/mol. The fraction of sp³-hybridized carbons (Fsp3) is 0.0476. The van der Waals surface area contributed by atoms with Gasteiger partial charge < -0.3 is 0 Å². The third kappa shape index (κ3) is 3.59. The molecule has 202 valence electrons. The van der Waals surface area contributed by atoms with Gasteiger partial charge in [-0.15, -0.1) is 0 Å². The first-order valence-electron chi connectivity index (χ1n) is 14.9. The van der Waals surface area contributed by atoms with Gasteiger partial charge in [0.15, 0.2) is 0 Å². The van der Waals surface area contributed by atoms with E-state index in [1.807, 2.05) is 11.8 Å². The molecule has 0 nitrogen and oxygen atoms in total. The fourth-order valence-corrected chi connectivity index (χ4v) is 8.58. The lowest BCUT2D eigenvalue weighted by molar-refractivity contribution is 0.714. The molecule has 0 amide bonds. The highest BCUT2D eigenvalue weighted by Gasteiger charge is 2.40. The van der Waals surface area contributed by atoms with Crippen molar-refractivity contribution in [3.8, 4) is 44.5 Å². The third-order valence-corrected chi connectivity index (χ3v) is 10.7. The summed E-state index contributed by atoms with van der Waals surface area (Å²) in [5.74, 6) is 0. The topological polar surface area (TPSA) is 0 Å². The molecule has 1 heterocycles. The maximum atomic E-state index is 2.44. The Balaban J connectivity index is 1.19. The molecule has 0 fully saturated rings. The molecule has 1 aliphatic carbocycles. The van der Waals surface area contributed by atoms with E-state index in [0.717, 1.165) is 0 Å². The van der Waals surface area contributed by atoms with Crippen molar-refractivity contribution in [2.75, 3.05) is 0 Å². The van der Waals surface area contributed by atoms with Gasteiger partial charge in [0, 0.05) is 20.6 Å². The molecule has 0 spiro atoms. The summed E-state index contributed by atoms with van der Waals surface area (Å²) in [5, 5.41) is 2.68. The van der Waals surface area contributed by atoms with Crippen LogP contribution in [0.1, 0.15) is 23.6 Å². The van der Waals surface area contributed by atoms with Crippen LogP contribution in [0.2, 0.25) is 0 Å². The molecule has 1 atom stereocenters. The van der Waals surface area contributed by atoms with Gasteiger partial charge in [-0.25, -0.2) is 0 Å². The van der Waals surface area contributed by atoms with Crippen LogP contribution in [-0.4, -0.2) is 0 Å². The van der Waals surface area contributed by atoms with Crippen LogP contribution in [0, 0.1) is 0 Å². The zero-order valence-electron chi connectivity index (χ0n) is 23.8. The van der Waals surface area contributed by atoms with Crippen molar-refractivity contribution in [3.05, 3.63) is 168 Å². The molecule has 0 saturated carbocycles. The van der Waals surface area contributed by atoms with Gasteiger partial charge in [0.1, 0.15) is 0 Å². The van der Waals surface area contributed by atoms with E-state index in [2.05, 4.69) is 159 Å². The SMILES string of the molecule is CC1(c2ccccc2)c2ccccc2-c2ccc(-c3cccc(-c4ccc5c6c(cccc46)-c4ccccc4S5)c3)cc21. The van der Waals surface area contributed by atoms with Gasteiger partial charge >= 0.3 is 0 Å². The Morgan fingerprint density at radius 1 is 0.419 bits per heavy atom. The Morgan fingerprint density at radius 3 is 2.00 bits per heavy atom. The molecular weight excluding hydrogens is 537 g/mol. The predicted octanol–water partition coefficient (Wildman–Crippen LogP) is 11.6. The second-order valence-corrected chi connectivity index (χ2v) is 12.9. The Bertz CT molecular complexity index is 2230. The van der Waals surface area contributed by atoms with E-state index >= 15 is 0 Å². The van der Waals surface area contributed by atoms with E-state index in [1.165, 1.54) is 81.8 Å². The number of hydrogen-bond acceptors (Lipinski definition) is 1. The van der Waals surface area contributed by atoms with Gasteiger partial charge in [0.2, 0.25) is 0 Å². The minimum Gasteiger partial charge on any atom is -0.0888 e. The second kappa shape index (κ2) is 9.33. The fourth-order valence-electron chi connectivity index (χ4n) is 7.45. The van der Waals surface area contributed by atoms with E-state index in [0.29, 0.717) is 0 Å². The highest BCUT2D eigenvalue weighted by Crippen LogP contribution is 2.53. The molecule has 0 radical (unpaired) electrons. The first kappa shape index (κ1) is 24.7. The molecule has 2 aliphatic rings. The molecule has 0 saturated heterocycles. The van der Waals surface area contributed by atoms with E-state index in [4.69, 9.17) is 0 Å². The number of benzene rings is 7. The van der Waals surface area contributed by atoms with Gasteiger partial charge in [-0.2, -0.15) is 0 Å². The third-order valence-electron chi connectivity index (χ3n) is 9.57. The Labute approximate surface area is 256 Å². The predicted molar refractivity (Wildman–Crippen MR) is 182 cm³/mol. The van der Waals surface area contributed by atoms with Crippen molar-refractivity contribution in [1.82, 2.24) is 0 Å². The summed E-state index contributed by atoms with van der Waals surface area (Å²) in [7, 11) is 0. The van der Waals surface area contributed by atoms with Crippen molar-refractivity contribution in [2.24, 2.45) is 0 Å². The quantitative estimate of drug-likeness (QED) is 0.206. The summed E-state index contributed by atoms with van der Waals surface area (Å²) in [6.45, 7) is 2.39. The molecule has 1 unspecified atom stereocenters. The van der Waals surface area contributed by atoms with Gasteiger partial charge in [0.05, 0.1) is 0 Å². The van der Waals surface area contributed by atoms with E-state index < -0.39 is 0 Å². The maximum absolute atomic E-state index is 2.44. The van der Waals surface area contributed by atoms with Crippen molar-refractivity contribution in [2.45, 2.75) is 22.1 Å². The lowest BCUT2D eigenvalue weighted by Gasteiger charge is -2.28. The first-order chi connectivity index (χ1) is 21.2. The van der Waals surface area contributed by atoms with Gasteiger partial charge in [-0.05, 0) is 97.8 Å². The molecule has 9 rings (SSSR count). The van der Waals surface area contributed by atoms with Crippen molar-refractivity contribution in [3.63, 3.8) is 0 Å². The van der Waals surface area contributed by atoms with Gasteiger partial charge in [0.25, 0.3) is 0 Å². The number of rotatable bonds is 3. The Hall–Kier alpha value is -4.85. The minimum absolute atomic E-state index is 0.203. The van der Waals surface area contributed by atoms with Crippen LogP contribution in [0.25, 0.3) is 55.3 Å². The molecule has 0 N–H and O–H groups in total. The summed E-state index contributed by atoms with van der Waals surface area (Å²) < 4.78 is 0. The molecular formula is C42H28S. The largest absolute Gasteiger partial charge is 0.0888 e. The molecule has 7 aromatic carbocycles. The summed E-state index contributed by atoms with van der Waals surface area (Å²) in [6, 6.07) is 56.2. The number of fused-ring (bicyclic) bond motifs is 5. The maximum Gasteiger partial charge on any atom is 0.0435 e. The molecule has 0 aromatic heterocycles. The van der Waals surface area contributed by atoms with E-state index in [9.17, 15) is 0 Å². The highest BCUT2D eigenvalue weighted by molar-refractivity contribution is 7.99. The van der Waals surface area contributed by atoms with E-state index in [1.54, 1.807) is 0 Å². The summed E-state index contributed by atoms with van der Waals surface area (Å²) in [6.07, 6.45) is 0. The number of hydrogen-bond donors (Lipinski definition) is 0. The lowest BCUT2D eigenvalue weighted by Crippen LogP contribution is -2.22. The van der Waals surface area contributed by atoms with Crippen molar-refractivity contribution >= 4 is 22.5 Å². The zero-order chi connectivity index (χ0) is 28.5. The Morgan fingerprint density at radius 2 is 1.09 bits per heavy atom.